The second kappa shape index (κ2) is 11.2. The molecule has 2 aromatic rings. The number of nitrogens with zero attached hydrogens (tertiary/aromatic N) is 1. The van der Waals surface area contributed by atoms with E-state index in [0.29, 0.717) is 34.9 Å². The van der Waals surface area contributed by atoms with Crippen molar-refractivity contribution in [1.82, 2.24) is 5.32 Å². The molecule has 194 valence electrons. The van der Waals surface area contributed by atoms with E-state index in [2.05, 4.69) is 10.3 Å². The number of amides is 1. The summed E-state index contributed by atoms with van der Waals surface area (Å²) in [5, 5.41) is 3.38. The molecule has 13 heteroatoms. The third kappa shape index (κ3) is 6.94. The van der Waals surface area contributed by atoms with Crippen LogP contribution in [-0.4, -0.2) is 38.4 Å². The van der Waals surface area contributed by atoms with Crippen LogP contribution in [-0.2, 0) is 28.5 Å². The Morgan fingerprint density at radius 3 is 2.39 bits per heavy atom. The van der Waals surface area contributed by atoms with Crippen molar-refractivity contribution >= 4 is 28.9 Å². The number of carbonyl (C=O) groups is 1. The summed E-state index contributed by atoms with van der Waals surface area (Å²) < 4.78 is 94.4. The van der Waals surface area contributed by atoms with Crippen molar-refractivity contribution in [3.8, 4) is 11.5 Å². The van der Waals surface area contributed by atoms with Crippen LogP contribution in [0.5, 0.6) is 11.5 Å². The fourth-order valence-electron chi connectivity index (χ4n) is 3.09. The minimum atomic E-state index is -5.01. The zero-order chi connectivity index (χ0) is 26.5. The standard InChI is InChI=1S/C23H20F6N2O4S/c1-33-8-7-30-21-31-20(32)19(36-21)10-13-3-6-17(18(9-13)34-2)35-12-14-4-5-15(22(24,25)26)11-16(14)23(27,28)29/h3-6,9-11H,7-8,12H2,1-2H3,(H,30,31,32)/b19-10+. The lowest BCUT2D eigenvalue weighted by Gasteiger charge is -2.17. The van der Waals surface area contributed by atoms with Crippen LogP contribution in [0.15, 0.2) is 46.3 Å². The van der Waals surface area contributed by atoms with Crippen LogP contribution >= 0.6 is 11.8 Å². The van der Waals surface area contributed by atoms with Gasteiger partial charge in [0.15, 0.2) is 16.7 Å². The molecule has 0 radical (unpaired) electrons. The van der Waals surface area contributed by atoms with Gasteiger partial charge in [0.05, 0.1) is 29.7 Å². The average Bonchev–Trinajstić information content (AvgIpc) is 3.15. The highest BCUT2D eigenvalue weighted by Gasteiger charge is 2.38. The normalized spacial score (nSPS) is 15.3. The monoisotopic (exact) mass is 534 g/mol. The SMILES string of the molecule is COCCNC1=NC(=O)/C(=C\c2ccc(OCc3ccc(C(F)(F)F)cc3C(F)(F)F)c(OC)c2)S1. The highest BCUT2D eigenvalue weighted by molar-refractivity contribution is 8.18. The number of benzene rings is 2. The molecule has 0 aliphatic carbocycles. The molecule has 0 saturated carbocycles. The molecule has 6 nitrogen and oxygen atoms in total. The van der Waals surface area contributed by atoms with Crippen LogP contribution in [0.4, 0.5) is 26.3 Å². The van der Waals surface area contributed by atoms with Gasteiger partial charge in [-0.1, -0.05) is 12.1 Å². The van der Waals surface area contributed by atoms with Crippen molar-refractivity contribution in [2.75, 3.05) is 27.4 Å². The van der Waals surface area contributed by atoms with Gasteiger partial charge in [-0.2, -0.15) is 31.3 Å². The van der Waals surface area contributed by atoms with Crippen LogP contribution in [0.25, 0.3) is 6.08 Å². The van der Waals surface area contributed by atoms with Gasteiger partial charge in [0, 0.05) is 19.2 Å². The number of carbonyl (C=O) groups excluding carboxylic acids is 1. The lowest BCUT2D eigenvalue weighted by molar-refractivity contribution is -0.143. The second-order valence-electron chi connectivity index (χ2n) is 7.32. The minimum absolute atomic E-state index is 0.0575. The first-order chi connectivity index (χ1) is 16.9. The number of alkyl halides is 6. The van der Waals surface area contributed by atoms with Gasteiger partial charge in [0.1, 0.15) is 6.61 Å². The topological polar surface area (TPSA) is 69.2 Å². The van der Waals surface area contributed by atoms with Crippen molar-refractivity contribution in [3.63, 3.8) is 0 Å². The van der Waals surface area contributed by atoms with E-state index in [0.717, 1.165) is 17.8 Å². The first-order valence-electron chi connectivity index (χ1n) is 10.3. The third-order valence-corrected chi connectivity index (χ3v) is 5.76. The van der Waals surface area contributed by atoms with Crippen LogP contribution in [0.3, 0.4) is 0 Å². The summed E-state index contributed by atoms with van der Waals surface area (Å²) in [6.45, 7) is 0.253. The van der Waals surface area contributed by atoms with E-state index in [9.17, 15) is 31.1 Å². The molecule has 0 fully saturated rings. The number of halogens is 6. The van der Waals surface area contributed by atoms with E-state index in [4.69, 9.17) is 14.2 Å². The predicted molar refractivity (Wildman–Crippen MR) is 122 cm³/mol. The van der Waals surface area contributed by atoms with Crippen molar-refractivity contribution in [2.45, 2.75) is 19.0 Å². The van der Waals surface area contributed by atoms with Crippen molar-refractivity contribution < 1.29 is 45.3 Å². The molecule has 2 aromatic carbocycles. The quantitative estimate of drug-likeness (QED) is 0.273. The summed E-state index contributed by atoms with van der Waals surface area (Å²) in [6.07, 6.45) is -8.37. The molecule has 1 amide bonds. The highest BCUT2D eigenvalue weighted by atomic mass is 32.2. The van der Waals surface area contributed by atoms with Gasteiger partial charge >= 0.3 is 12.4 Å². The third-order valence-electron chi connectivity index (χ3n) is 4.81. The fraction of sp³-hybridized carbons (Fsp3) is 0.304. The molecular formula is C23H20F6N2O4S. The van der Waals surface area contributed by atoms with Crippen molar-refractivity contribution in [3.05, 3.63) is 63.6 Å². The Balaban J connectivity index is 1.76. The number of methoxy groups -OCH3 is 2. The van der Waals surface area contributed by atoms with Gasteiger partial charge in [-0.3, -0.25) is 4.79 Å². The van der Waals surface area contributed by atoms with E-state index < -0.39 is 41.6 Å². The summed E-state index contributed by atoms with van der Waals surface area (Å²) in [5.41, 5.74) is -2.78. The van der Waals surface area contributed by atoms with E-state index >= 15 is 0 Å². The van der Waals surface area contributed by atoms with Crippen molar-refractivity contribution in [2.24, 2.45) is 4.99 Å². The minimum Gasteiger partial charge on any atom is -0.493 e. The molecule has 0 spiro atoms. The van der Waals surface area contributed by atoms with Gasteiger partial charge in [0.2, 0.25) is 0 Å². The van der Waals surface area contributed by atoms with Gasteiger partial charge in [-0.05, 0) is 47.7 Å². The number of nitrogens with one attached hydrogen (secondary N) is 1. The molecule has 0 aromatic heterocycles. The zero-order valence-corrected chi connectivity index (χ0v) is 19.7. The zero-order valence-electron chi connectivity index (χ0n) is 18.9. The number of amidine groups is 1. The Hall–Kier alpha value is -3.19. The van der Waals surface area contributed by atoms with Gasteiger partial charge in [-0.25, -0.2) is 0 Å². The Morgan fingerprint density at radius 2 is 1.75 bits per heavy atom. The second-order valence-corrected chi connectivity index (χ2v) is 8.35. The fourth-order valence-corrected chi connectivity index (χ4v) is 3.93. The molecule has 1 aliphatic rings. The Bertz CT molecular complexity index is 1180. The number of rotatable bonds is 8. The van der Waals surface area contributed by atoms with Gasteiger partial charge in [0.25, 0.3) is 5.91 Å². The molecule has 0 bridgehead atoms. The lowest BCUT2D eigenvalue weighted by Crippen LogP contribution is -2.23. The molecule has 0 unspecified atom stereocenters. The highest BCUT2D eigenvalue weighted by Crippen LogP contribution is 2.38. The molecule has 0 atom stereocenters. The number of aliphatic imine (C=N–C) groups is 1. The molecule has 1 N–H and O–H groups in total. The Morgan fingerprint density at radius 1 is 1.00 bits per heavy atom. The molecule has 3 rings (SSSR count). The summed E-state index contributed by atoms with van der Waals surface area (Å²) in [5.74, 6) is -0.225. The summed E-state index contributed by atoms with van der Waals surface area (Å²) in [6, 6.07) is 5.83. The summed E-state index contributed by atoms with van der Waals surface area (Å²) in [7, 11) is 2.86. The van der Waals surface area contributed by atoms with E-state index in [1.165, 1.54) is 19.2 Å². The van der Waals surface area contributed by atoms with Crippen LogP contribution in [0.2, 0.25) is 0 Å². The number of ether oxygens (including phenoxy) is 3. The maximum atomic E-state index is 13.4. The lowest BCUT2D eigenvalue weighted by atomic mass is 10.0. The van der Waals surface area contributed by atoms with Crippen LogP contribution in [0.1, 0.15) is 22.3 Å². The van der Waals surface area contributed by atoms with Gasteiger partial charge in [-0.15, -0.1) is 0 Å². The van der Waals surface area contributed by atoms with Crippen LogP contribution in [0, 0.1) is 0 Å². The van der Waals surface area contributed by atoms with E-state index in [1.54, 1.807) is 19.3 Å². The Kier molecular flexibility index (Phi) is 8.56. The van der Waals surface area contributed by atoms with Crippen LogP contribution < -0.4 is 14.8 Å². The van der Waals surface area contributed by atoms with E-state index in [-0.39, 0.29) is 17.6 Å². The summed E-state index contributed by atoms with van der Waals surface area (Å²) in [4.78, 5) is 16.4. The Labute approximate surface area is 206 Å². The average molecular weight is 534 g/mol. The molecule has 1 heterocycles. The van der Waals surface area contributed by atoms with E-state index in [1.807, 2.05) is 0 Å². The maximum Gasteiger partial charge on any atom is 0.416 e. The number of thioether (sulfide) groups is 1. The molecular weight excluding hydrogens is 514 g/mol. The smallest absolute Gasteiger partial charge is 0.416 e. The number of hydrogen-bond acceptors (Lipinski definition) is 6. The molecule has 1 aliphatic heterocycles. The summed E-state index contributed by atoms with van der Waals surface area (Å²) >= 11 is 1.13. The van der Waals surface area contributed by atoms with Crippen molar-refractivity contribution in [1.29, 1.82) is 0 Å². The predicted octanol–water partition coefficient (Wildman–Crippen LogP) is 5.52. The molecule has 36 heavy (non-hydrogen) atoms. The largest absolute Gasteiger partial charge is 0.493 e. The number of hydrogen-bond donors (Lipinski definition) is 1. The first-order valence-corrected chi connectivity index (χ1v) is 11.1. The maximum absolute atomic E-state index is 13.4. The van der Waals surface area contributed by atoms with Gasteiger partial charge < -0.3 is 19.5 Å². The molecule has 0 saturated heterocycles. The first kappa shape index (κ1) is 27.4.